The van der Waals surface area contributed by atoms with Crippen molar-refractivity contribution in [2.45, 2.75) is 16.9 Å². The van der Waals surface area contributed by atoms with Gasteiger partial charge in [-0.2, -0.15) is 0 Å². The summed E-state index contributed by atoms with van der Waals surface area (Å²) < 4.78 is 5.11. The summed E-state index contributed by atoms with van der Waals surface area (Å²) in [5.41, 5.74) is -0.892. The summed E-state index contributed by atoms with van der Waals surface area (Å²) in [6, 6.07) is 3.71. The monoisotopic (exact) mass is 268 g/mol. The molecular formula is C12H16N2O3S. The van der Waals surface area contributed by atoms with Gasteiger partial charge in [-0.3, -0.25) is 9.78 Å². The van der Waals surface area contributed by atoms with E-state index in [1.807, 2.05) is 12.1 Å². The Bertz CT molecular complexity index is 394. The molecule has 1 aliphatic rings. The second-order valence-corrected chi connectivity index (χ2v) is 5.32. The van der Waals surface area contributed by atoms with E-state index in [0.717, 1.165) is 4.90 Å². The highest BCUT2D eigenvalue weighted by Crippen LogP contribution is 2.18. The number of carbonyl (C=O) groups excluding carboxylic acids is 1. The molecule has 6 heteroatoms. The van der Waals surface area contributed by atoms with Crippen molar-refractivity contribution in [2.75, 3.05) is 25.5 Å². The minimum Gasteiger partial charge on any atom is -0.386 e. The Morgan fingerprint density at radius 3 is 3.00 bits per heavy atom. The molecule has 1 aromatic heterocycles. The van der Waals surface area contributed by atoms with Crippen LogP contribution in [0.25, 0.3) is 0 Å². The Kier molecular flexibility index (Phi) is 4.57. The molecule has 2 N–H and O–H groups in total. The molecule has 1 aromatic rings. The van der Waals surface area contributed by atoms with Gasteiger partial charge in [-0.05, 0) is 12.1 Å². The summed E-state index contributed by atoms with van der Waals surface area (Å²) in [6.07, 6.45) is 3.96. The standard InChI is InChI=1S/C12H16N2O3S/c15-11(7-18-10-1-4-13-5-2-10)14-8-12(16)3-6-17-9-12/h1-2,4-5,16H,3,6-9H2,(H,14,15). The van der Waals surface area contributed by atoms with Gasteiger partial charge in [-0.15, -0.1) is 11.8 Å². The molecule has 0 spiro atoms. The van der Waals surface area contributed by atoms with E-state index in [4.69, 9.17) is 4.74 Å². The maximum atomic E-state index is 11.6. The second kappa shape index (κ2) is 6.17. The predicted molar refractivity (Wildman–Crippen MR) is 68.4 cm³/mol. The van der Waals surface area contributed by atoms with Crippen molar-refractivity contribution in [3.05, 3.63) is 24.5 Å². The number of hydrogen-bond acceptors (Lipinski definition) is 5. The van der Waals surface area contributed by atoms with Gasteiger partial charge >= 0.3 is 0 Å². The Labute approximate surface area is 110 Å². The van der Waals surface area contributed by atoms with Crippen LogP contribution in [-0.4, -0.2) is 47.1 Å². The molecule has 1 saturated heterocycles. The molecule has 98 valence electrons. The van der Waals surface area contributed by atoms with Gasteiger partial charge in [0.2, 0.25) is 5.91 Å². The molecule has 1 amide bonds. The fourth-order valence-corrected chi connectivity index (χ4v) is 2.35. The lowest BCUT2D eigenvalue weighted by atomic mass is 10.0. The van der Waals surface area contributed by atoms with Crippen LogP contribution in [-0.2, 0) is 9.53 Å². The number of ether oxygens (including phenoxy) is 1. The van der Waals surface area contributed by atoms with Gasteiger partial charge in [0.15, 0.2) is 0 Å². The largest absolute Gasteiger partial charge is 0.386 e. The molecule has 2 heterocycles. The van der Waals surface area contributed by atoms with Crippen LogP contribution in [0.1, 0.15) is 6.42 Å². The van der Waals surface area contributed by atoms with E-state index < -0.39 is 5.60 Å². The van der Waals surface area contributed by atoms with Crippen molar-refractivity contribution in [3.8, 4) is 0 Å². The molecule has 2 rings (SSSR count). The summed E-state index contributed by atoms with van der Waals surface area (Å²) >= 11 is 1.45. The van der Waals surface area contributed by atoms with Crippen LogP contribution in [0.15, 0.2) is 29.4 Å². The second-order valence-electron chi connectivity index (χ2n) is 4.28. The van der Waals surface area contributed by atoms with Gasteiger partial charge in [0.1, 0.15) is 5.60 Å². The third kappa shape index (κ3) is 3.97. The molecule has 0 radical (unpaired) electrons. The Morgan fingerprint density at radius 2 is 2.33 bits per heavy atom. The first kappa shape index (κ1) is 13.3. The van der Waals surface area contributed by atoms with Gasteiger partial charge < -0.3 is 15.2 Å². The molecule has 1 atom stereocenters. The third-order valence-corrected chi connectivity index (χ3v) is 3.73. The number of hydrogen-bond donors (Lipinski definition) is 2. The summed E-state index contributed by atoms with van der Waals surface area (Å²) in [5, 5.41) is 12.7. The summed E-state index contributed by atoms with van der Waals surface area (Å²) in [6.45, 7) is 1.10. The van der Waals surface area contributed by atoms with E-state index >= 15 is 0 Å². The highest BCUT2D eigenvalue weighted by atomic mass is 32.2. The number of thioether (sulfide) groups is 1. The van der Waals surface area contributed by atoms with E-state index in [0.29, 0.717) is 25.4 Å². The van der Waals surface area contributed by atoms with Gasteiger partial charge in [0.25, 0.3) is 0 Å². The number of nitrogens with zero attached hydrogens (tertiary/aromatic N) is 1. The molecule has 18 heavy (non-hydrogen) atoms. The van der Waals surface area contributed by atoms with E-state index in [9.17, 15) is 9.90 Å². The molecule has 1 aliphatic heterocycles. The smallest absolute Gasteiger partial charge is 0.230 e. The minimum atomic E-state index is -0.892. The number of aromatic nitrogens is 1. The fraction of sp³-hybridized carbons (Fsp3) is 0.500. The quantitative estimate of drug-likeness (QED) is 0.758. The maximum absolute atomic E-state index is 11.6. The lowest BCUT2D eigenvalue weighted by Crippen LogP contribution is -2.43. The van der Waals surface area contributed by atoms with Crippen molar-refractivity contribution in [1.82, 2.24) is 10.3 Å². The van der Waals surface area contributed by atoms with E-state index in [1.54, 1.807) is 12.4 Å². The van der Waals surface area contributed by atoms with Gasteiger partial charge in [-0.25, -0.2) is 0 Å². The number of rotatable bonds is 5. The molecule has 5 nitrogen and oxygen atoms in total. The van der Waals surface area contributed by atoms with Crippen LogP contribution < -0.4 is 5.32 Å². The lowest BCUT2D eigenvalue weighted by molar-refractivity contribution is -0.119. The van der Waals surface area contributed by atoms with Crippen LogP contribution in [0, 0.1) is 0 Å². The maximum Gasteiger partial charge on any atom is 0.230 e. The average Bonchev–Trinajstić information content (AvgIpc) is 2.83. The fourth-order valence-electron chi connectivity index (χ4n) is 1.63. The van der Waals surface area contributed by atoms with Crippen molar-refractivity contribution < 1.29 is 14.6 Å². The van der Waals surface area contributed by atoms with Crippen molar-refractivity contribution in [3.63, 3.8) is 0 Å². The van der Waals surface area contributed by atoms with Gasteiger partial charge in [0.05, 0.1) is 12.4 Å². The van der Waals surface area contributed by atoms with Crippen molar-refractivity contribution in [2.24, 2.45) is 0 Å². The van der Waals surface area contributed by atoms with Crippen LogP contribution in [0.2, 0.25) is 0 Å². The number of amides is 1. The summed E-state index contributed by atoms with van der Waals surface area (Å²) in [7, 11) is 0. The Morgan fingerprint density at radius 1 is 1.56 bits per heavy atom. The van der Waals surface area contributed by atoms with E-state index in [1.165, 1.54) is 11.8 Å². The number of carbonyl (C=O) groups is 1. The molecule has 0 aromatic carbocycles. The zero-order valence-electron chi connectivity index (χ0n) is 9.96. The topological polar surface area (TPSA) is 71.5 Å². The number of pyridine rings is 1. The lowest BCUT2D eigenvalue weighted by Gasteiger charge is -2.20. The van der Waals surface area contributed by atoms with Crippen molar-refractivity contribution >= 4 is 17.7 Å². The Hall–Kier alpha value is -1.11. The molecular weight excluding hydrogens is 252 g/mol. The number of nitrogens with one attached hydrogen (secondary N) is 1. The Balaban J connectivity index is 1.69. The number of aliphatic hydroxyl groups is 1. The van der Waals surface area contributed by atoms with Crippen molar-refractivity contribution in [1.29, 1.82) is 0 Å². The van der Waals surface area contributed by atoms with E-state index in [2.05, 4.69) is 10.3 Å². The average molecular weight is 268 g/mol. The van der Waals surface area contributed by atoms with Crippen LogP contribution in [0.5, 0.6) is 0 Å². The van der Waals surface area contributed by atoms with Gasteiger partial charge in [-0.1, -0.05) is 0 Å². The summed E-state index contributed by atoms with van der Waals surface area (Å²) in [4.78, 5) is 16.5. The summed E-state index contributed by atoms with van der Waals surface area (Å²) in [5.74, 6) is 0.248. The van der Waals surface area contributed by atoms with E-state index in [-0.39, 0.29) is 12.5 Å². The molecule has 1 fully saturated rings. The molecule has 0 bridgehead atoms. The van der Waals surface area contributed by atoms with Gasteiger partial charge in [0, 0.05) is 36.9 Å². The molecule has 0 aliphatic carbocycles. The predicted octanol–water partition coefficient (Wildman–Crippen LogP) is 0.441. The van der Waals surface area contributed by atoms with Crippen LogP contribution in [0.4, 0.5) is 0 Å². The highest BCUT2D eigenvalue weighted by Gasteiger charge is 2.32. The molecule has 0 saturated carbocycles. The van der Waals surface area contributed by atoms with Crippen LogP contribution in [0.3, 0.4) is 0 Å². The first-order valence-corrected chi connectivity index (χ1v) is 6.76. The minimum absolute atomic E-state index is 0.0860. The SMILES string of the molecule is O=C(CSc1ccncc1)NCC1(O)CCOC1. The highest BCUT2D eigenvalue weighted by molar-refractivity contribution is 8.00. The normalized spacial score (nSPS) is 22.9. The van der Waals surface area contributed by atoms with Crippen LogP contribution >= 0.6 is 11.8 Å². The molecule has 1 unspecified atom stereocenters. The first-order chi connectivity index (χ1) is 8.68. The zero-order valence-corrected chi connectivity index (χ0v) is 10.8. The third-order valence-electron chi connectivity index (χ3n) is 2.72. The zero-order chi connectivity index (χ0) is 12.8. The first-order valence-electron chi connectivity index (χ1n) is 5.78.